The summed E-state index contributed by atoms with van der Waals surface area (Å²) in [7, 11) is 1.67. The van der Waals surface area contributed by atoms with Gasteiger partial charge in [-0.05, 0) is 38.2 Å². The molecule has 0 radical (unpaired) electrons. The van der Waals surface area contributed by atoms with E-state index in [-0.39, 0.29) is 23.4 Å². The van der Waals surface area contributed by atoms with Gasteiger partial charge >= 0.3 is 5.97 Å². The second-order valence-electron chi connectivity index (χ2n) is 7.21. The van der Waals surface area contributed by atoms with E-state index in [0.717, 1.165) is 12.8 Å². The van der Waals surface area contributed by atoms with E-state index in [4.69, 9.17) is 4.74 Å². The van der Waals surface area contributed by atoms with Crippen molar-refractivity contribution in [3.63, 3.8) is 0 Å². The van der Waals surface area contributed by atoms with Crippen molar-refractivity contribution in [1.82, 2.24) is 9.88 Å². The van der Waals surface area contributed by atoms with Gasteiger partial charge in [-0.1, -0.05) is 26.7 Å². The molecule has 0 aromatic carbocycles. The standard InChI is InChI=1S/C19H28N2O4/c1-11-7-6-8-16(12(11)2)20-18(23)14(4)25-19(24)17-9-15(13(3)22)10-21(17)5/h9-12,14,16H,6-8H2,1-5H3,(H,20,23)/t11-,12+,14+,16-/m0/s1. The van der Waals surface area contributed by atoms with E-state index in [0.29, 0.717) is 17.4 Å². The predicted molar refractivity (Wildman–Crippen MR) is 94.4 cm³/mol. The van der Waals surface area contributed by atoms with Crippen LogP contribution in [0.25, 0.3) is 0 Å². The van der Waals surface area contributed by atoms with Crippen molar-refractivity contribution in [2.45, 2.75) is 59.1 Å². The van der Waals surface area contributed by atoms with E-state index in [1.54, 1.807) is 20.2 Å². The van der Waals surface area contributed by atoms with Crippen LogP contribution in [0, 0.1) is 11.8 Å². The predicted octanol–water partition coefficient (Wildman–Crippen LogP) is 2.71. The van der Waals surface area contributed by atoms with Gasteiger partial charge in [-0.15, -0.1) is 0 Å². The molecule has 0 spiro atoms. The molecule has 0 aliphatic heterocycles. The van der Waals surface area contributed by atoms with Crippen molar-refractivity contribution in [3.8, 4) is 0 Å². The summed E-state index contributed by atoms with van der Waals surface area (Å²) in [4.78, 5) is 36.1. The maximum Gasteiger partial charge on any atom is 0.355 e. The minimum atomic E-state index is -0.882. The van der Waals surface area contributed by atoms with E-state index in [1.165, 1.54) is 24.0 Å². The van der Waals surface area contributed by atoms with Crippen molar-refractivity contribution in [2.24, 2.45) is 18.9 Å². The molecule has 1 amide bonds. The minimum absolute atomic E-state index is 0.122. The third kappa shape index (κ3) is 4.50. The number of carbonyl (C=O) groups is 3. The lowest BCUT2D eigenvalue weighted by Gasteiger charge is -2.35. The number of esters is 1. The Balaban J connectivity index is 1.96. The molecule has 4 atom stereocenters. The van der Waals surface area contributed by atoms with Gasteiger partial charge in [-0.25, -0.2) is 4.79 Å². The number of ketones is 1. The zero-order valence-electron chi connectivity index (χ0n) is 15.7. The highest BCUT2D eigenvalue weighted by atomic mass is 16.5. The maximum absolute atomic E-state index is 12.4. The SMILES string of the molecule is CC(=O)c1cc(C(=O)O[C@H](C)C(=O)N[C@H]2CCC[C@H](C)[C@H]2C)n(C)c1. The summed E-state index contributed by atoms with van der Waals surface area (Å²) in [5.74, 6) is -0.0271. The molecule has 1 aromatic heterocycles. The molecular formula is C19H28N2O4. The van der Waals surface area contributed by atoms with Gasteiger partial charge in [0.1, 0.15) is 5.69 Å². The van der Waals surface area contributed by atoms with E-state index in [2.05, 4.69) is 19.2 Å². The van der Waals surface area contributed by atoms with E-state index >= 15 is 0 Å². The average Bonchev–Trinajstić information content (AvgIpc) is 2.94. The molecule has 1 aliphatic rings. The molecule has 138 valence electrons. The summed E-state index contributed by atoms with van der Waals surface area (Å²) >= 11 is 0. The monoisotopic (exact) mass is 348 g/mol. The zero-order chi connectivity index (χ0) is 18.7. The van der Waals surface area contributed by atoms with Crippen molar-refractivity contribution in [3.05, 3.63) is 23.5 Å². The fraction of sp³-hybridized carbons (Fsp3) is 0.632. The normalized spacial score (nSPS) is 24.4. The Morgan fingerprint density at radius 2 is 1.96 bits per heavy atom. The largest absolute Gasteiger partial charge is 0.448 e. The summed E-state index contributed by atoms with van der Waals surface area (Å²) < 4.78 is 6.83. The van der Waals surface area contributed by atoms with Crippen molar-refractivity contribution in [1.29, 1.82) is 0 Å². The lowest BCUT2D eigenvalue weighted by molar-refractivity contribution is -0.130. The summed E-state index contributed by atoms with van der Waals surface area (Å²) in [5.41, 5.74) is 0.695. The molecule has 1 heterocycles. The summed E-state index contributed by atoms with van der Waals surface area (Å²) in [6.07, 6.45) is 3.94. The van der Waals surface area contributed by atoms with E-state index < -0.39 is 12.1 Å². The number of Topliss-reactive ketones (excluding diaryl/α,β-unsaturated/α-hetero) is 1. The van der Waals surface area contributed by atoms with Crippen molar-refractivity contribution in [2.75, 3.05) is 0 Å². The number of nitrogens with zero attached hydrogens (tertiary/aromatic N) is 1. The smallest absolute Gasteiger partial charge is 0.355 e. The van der Waals surface area contributed by atoms with Crippen molar-refractivity contribution < 1.29 is 19.1 Å². The van der Waals surface area contributed by atoms with Crippen LogP contribution in [0.4, 0.5) is 0 Å². The summed E-state index contributed by atoms with van der Waals surface area (Å²) in [6.45, 7) is 7.36. The Morgan fingerprint density at radius 1 is 1.28 bits per heavy atom. The fourth-order valence-electron chi connectivity index (χ4n) is 3.32. The molecule has 1 aromatic rings. The quantitative estimate of drug-likeness (QED) is 0.655. The van der Waals surface area contributed by atoms with Crippen LogP contribution < -0.4 is 5.32 Å². The number of ether oxygens (including phenoxy) is 1. The number of rotatable bonds is 5. The average molecular weight is 348 g/mol. The molecule has 6 nitrogen and oxygen atoms in total. The second kappa shape index (κ2) is 7.85. The topological polar surface area (TPSA) is 77.4 Å². The Bertz CT molecular complexity index is 664. The van der Waals surface area contributed by atoms with Crippen LogP contribution >= 0.6 is 0 Å². The van der Waals surface area contributed by atoms with Gasteiger partial charge in [0.15, 0.2) is 11.9 Å². The minimum Gasteiger partial charge on any atom is -0.448 e. The molecule has 2 rings (SSSR count). The lowest BCUT2D eigenvalue weighted by atomic mass is 9.78. The Kier molecular flexibility index (Phi) is 6.03. The van der Waals surface area contributed by atoms with Gasteiger partial charge in [0.05, 0.1) is 0 Å². The number of hydrogen-bond donors (Lipinski definition) is 1. The molecule has 1 aliphatic carbocycles. The van der Waals surface area contributed by atoms with Crippen LogP contribution in [-0.2, 0) is 16.6 Å². The maximum atomic E-state index is 12.4. The fourth-order valence-corrected chi connectivity index (χ4v) is 3.32. The molecule has 0 unspecified atom stereocenters. The van der Waals surface area contributed by atoms with Gasteiger partial charge in [0, 0.05) is 24.8 Å². The summed E-state index contributed by atoms with van der Waals surface area (Å²) in [6, 6.07) is 1.61. The Hall–Kier alpha value is -2.11. The number of aryl methyl sites for hydroxylation is 1. The van der Waals surface area contributed by atoms with Crippen LogP contribution in [0.3, 0.4) is 0 Å². The molecule has 1 N–H and O–H groups in total. The van der Waals surface area contributed by atoms with Crippen molar-refractivity contribution >= 4 is 17.7 Å². The third-order valence-corrected chi connectivity index (χ3v) is 5.31. The first-order valence-electron chi connectivity index (χ1n) is 8.89. The molecular weight excluding hydrogens is 320 g/mol. The van der Waals surface area contributed by atoms with Crippen LogP contribution in [-0.4, -0.2) is 34.4 Å². The first kappa shape index (κ1) is 19.2. The zero-order valence-corrected chi connectivity index (χ0v) is 15.7. The number of amides is 1. The highest BCUT2D eigenvalue weighted by Crippen LogP contribution is 2.29. The Labute approximate surface area is 148 Å². The highest BCUT2D eigenvalue weighted by molar-refractivity contribution is 5.98. The van der Waals surface area contributed by atoms with E-state index in [9.17, 15) is 14.4 Å². The molecule has 25 heavy (non-hydrogen) atoms. The van der Waals surface area contributed by atoms with E-state index in [1.807, 2.05) is 0 Å². The number of hydrogen-bond acceptors (Lipinski definition) is 4. The van der Waals surface area contributed by atoms with Gasteiger partial charge in [-0.2, -0.15) is 0 Å². The first-order valence-corrected chi connectivity index (χ1v) is 8.89. The highest BCUT2D eigenvalue weighted by Gasteiger charge is 2.30. The Morgan fingerprint density at radius 3 is 2.56 bits per heavy atom. The molecule has 0 bridgehead atoms. The van der Waals surface area contributed by atoms with Gasteiger partial charge in [0.2, 0.25) is 0 Å². The van der Waals surface area contributed by atoms with Gasteiger partial charge < -0.3 is 14.6 Å². The number of aromatic nitrogens is 1. The molecule has 0 saturated heterocycles. The summed E-state index contributed by atoms with van der Waals surface area (Å²) in [5, 5.41) is 3.02. The number of carbonyl (C=O) groups excluding carboxylic acids is 3. The van der Waals surface area contributed by atoms with Gasteiger partial charge in [-0.3, -0.25) is 9.59 Å². The molecule has 1 fully saturated rings. The van der Waals surface area contributed by atoms with Crippen LogP contribution in [0.2, 0.25) is 0 Å². The van der Waals surface area contributed by atoms with Gasteiger partial charge in [0.25, 0.3) is 5.91 Å². The van der Waals surface area contributed by atoms with Crippen LogP contribution in [0.5, 0.6) is 0 Å². The molecule has 6 heteroatoms. The molecule has 1 saturated carbocycles. The van der Waals surface area contributed by atoms with Crippen LogP contribution in [0.15, 0.2) is 12.3 Å². The van der Waals surface area contributed by atoms with Crippen LogP contribution in [0.1, 0.15) is 67.8 Å². The lowest BCUT2D eigenvalue weighted by Crippen LogP contribution is -2.47. The third-order valence-electron chi connectivity index (χ3n) is 5.31. The first-order chi connectivity index (χ1) is 11.7. The number of nitrogens with one attached hydrogen (secondary N) is 1. The second-order valence-corrected chi connectivity index (χ2v) is 7.21.